The van der Waals surface area contributed by atoms with Gasteiger partial charge in [0.15, 0.2) is 0 Å². The van der Waals surface area contributed by atoms with E-state index < -0.39 is 11.7 Å². The van der Waals surface area contributed by atoms with Crippen molar-refractivity contribution in [1.29, 1.82) is 0 Å². The Morgan fingerprint density at radius 1 is 1.47 bits per heavy atom. The zero-order chi connectivity index (χ0) is 14.5. The maximum atomic E-state index is 11.7. The van der Waals surface area contributed by atoms with Gasteiger partial charge in [0.1, 0.15) is 5.60 Å². The number of rotatable bonds is 4. The number of carbonyl (C=O) groups excluding carboxylic acids is 1. The van der Waals surface area contributed by atoms with Crippen molar-refractivity contribution in [2.24, 2.45) is 0 Å². The summed E-state index contributed by atoms with van der Waals surface area (Å²) in [5, 5.41) is 11.6. The number of carbonyl (C=O) groups is 1. The van der Waals surface area contributed by atoms with Crippen LogP contribution < -0.4 is 10.1 Å². The Balaban J connectivity index is 2.84. The third kappa shape index (κ3) is 5.13. The fraction of sp³-hybridized carbons (Fsp3) is 0.538. The van der Waals surface area contributed by atoms with E-state index in [1.54, 1.807) is 26.8 Å². The molecule has 0 fully saturated rings. The molecule has 0 unspecified atom stereocenters. The molecular formula is C13H20N2O4. The Morgan fingerprint density at radius 3 is 2.68 bits per heavy atom. The van der Waals surface area contributed by atoms with Crippen LogP contribution in [-0.2, 0) is 11.2 Å². The molecule has 6 heteroatoms. The van der Waals surface area contributed by atoms with E-state index in [4.69, 9.17) is 14.6 Å². The topological polar surface area (TPSA) is 80.7 Å². The smallest absolute Gasteiger partial charge is 0.412 e. The van der Waals surface area contributed by atoms with E-state index >= 15 is 0 Å². The highest BCUT2D eigenvalue weighted by Crippen LogP contribution is 2.20. The number of hydrogen-bond donors (Lipinski definition) is 2. The van der Waals surface area contributed by atoms with E-state index in [0.717, 1.165) is 5.56 Å². The number of methoxy groups -OCH3 is 1. The van der Waals surface area contributed by atoms with Gasteiger partial charge in [-0.2, -0.15) is 0 Å². The molecule has 106 valence electrons. The number of amides is 1. The van der Waals surface area contributed by atoms with Gasteiger partial charge in [-0.3, -0.25) is 5.32 Å². The monoisotopic (exact) mass is 268 g/mol. The number of hydrogen-bond acceptors (Lipinski definition) is 5. The molecule has 0 aliphatic rings. The highest BCUT2D eigenvalue weighted by molar-refractivity contribution is 5.85. The van der Waals surface area contributed by atoms with Gasteiger partial charge in [0, 0.05) is 12.7 Å². The lowest BCUT2D eigenvalue weighted by Gasteiger charge is -2.20. The summed E-state index contributed by atoms with van der Waals surface area (Å²) in [6.07, 6.45) is 1.32. The minimum atomic E-state index is -0.568. The highest BCUT2D eigenvalue weighted by Gasteiger charge is 2.17. The Kier molecular flexibility index (Phi) is 5.11. The van der Waals surface area contributed by atoms with Crippen LogP contribution in [0.5, 0.6) is 5.88 Å². The van der Waals surface area contributed by atoms with E-state index in [-0.39, 0.29) is 6.61 Å². The van der Waals surface area contributed by atoms with Crippen LogP contribution in [0.2, 0.25) is 0 Å². The van der Waals surface area contributed by atoms with E-state index in [1.165, 1.54) is 13.3 Å². The maximum absolute atomic E-state index is 11.7. The number of aromatic nitrogens is 1. The van der Waals surface area contributed by atoms with Gasteiger partial charge in [-0.15, -0.1) is 0 Å². The normalized spacial score (nSPS) is 11.0. The predicted molar refractivity (Wildman–Crippen MR) is 71.4 cm³/mol. The number of nitrogens with one attached hydrogen (secondary N) is 1. The number of nitrogens with zero attached hydrogens (tertiary/aromatic N) is 1. The summed E-state index contributed by atoms with van der Waals surface area (Å²) in [6, 6.07) is 1.67. The molecule has 2 N–H and O–H groups in total. The van der Waals surface area contributed by atoms with Crippen molar-refractivity contribution in [2.45, 2.75) is 32.8 Å². The summed E-state index contributed by atoms with van der Waals surface area (Å²) in [7, 11) is 1.51. The van der Waals surface area contributed by atoms with E-state index in [9.17, 15) is 4.79 Å². The molecule has 0 saturated carbocycles. The zero-order valence-electron chi connectivity index (χ0n) is 11.7. The van der Waals surface area contributed by atoms with Gasteiger partial charge < -0.3 is 14.6 Å². The molecule has 0 bridgehead atoms. The molecule has 0 aliphatic heterocycles. The fourth-order valence-corrected chi connectivity index (χ4v) is 1.44. The Labute approximate surface area is 112 Å². The molecule has 0 aliphatic carbocycles. The molecule has 1 aromatic heterocycles. The van der Waals surface area contributed by atoms with Gasteiger partial charge in [-0.05, 0) is 32.8 Å². The fourth-order valence-electron chi connectivity index (χ4n) is 1.44. The third-order valence-corrected chi connectivity index (χ3v) is 2.19. The van der Waals surface area contributed by atoms with Crippen LogP contribution in [0.15, 0.2) is 12.3 Å². The second kappa shape index (κ2) is 6.38. The first-order valence-corrected chi connectivity index (χ1v) is 5.99. The Morgan fingerprint density at radius 2 is 2.16 bits per heavy atom. The lowest BCUT2D eigenvalue weighted by molar-refractivity contribution is 0.0635. The molecular weight excluding hydrogens is 248 g/mol. The average Bonchev–Trinajstić information content (AvgIpc) is 2.29. The molecule has 0 saturated heterocycles. The van der Waals surface area contributed by atoms with Crippen LogP contribution in [0.4, 0.5) is 10.5 Å². The van der Waals surface area contributed by atoms with Crippen molar-refractivity contribution in [3.05, 3.63) is 17.8 Å². The predicted octanol–water partition coefficient (Wildman–Crippen LogP) is 1.97. The summed E-state index contributed by atoms with van der Waals surface area (Å²) in [5.41, 5.74) is 0.672. The molecule has 0 radical (unpaired) electrons. The first-order chi connectivity index (χ1) is 8.85. The van der Waals surface area contributed by atoms with Crippen molar-refractivity contribution in [3.8, 4) is 5.88 Å². The lowest BCUT2D eigenvalue weighted by Crippen LogP contribution is -2.27. The van der Waals surface area contributed by atoms with Crippen LogP contribution >= 0.6 is 0 Å². The summed E-state index contributed by atoms with van der Waals surface area (Å²) < 4.78 is 10.2. The van der Waals surface area contributed by atoms with Crippen LogP contribution in [0.1, 0.15) is 26.3 Å². The molecule has 1 aromatic rings. The molecule has 1 rings (SSSR count). The zero-order valence-corrected chi connectivity index (χ0v) is 11.7. The first-order valence-electron chi connectivity index (χ1n) is 5.99. The Hall–Kier alpha value is -1.82. The molecule has 6 nitrogen and oxygen atoms in total. The van der Waals surface area contributed by atoms with Crippen molar-refractivity contribution in [2.75, 3.05) is 19.0 Å². The van der Waals surface area contributed by atoms with Gasteiger partial charge in [0.05, 0.1) is 19.0 Å². The molecule has 0 aromatic carbocycles. The van der Waals surface area contributed by atoms with Gasteiger partial charge in [0.2, 0.25) is 5.88 Å². The van der Waals surface area contributed by atoms with Crippen LogP contribution in [0.25, 0.3) is 0 Å². The second-order valence-corrected chi connectivity index (χ2v) is 4.98. The first kappa shape index (κ1) is 15.2. The van der Waals surface area contributed by atoms with E-state index in [2.05, 4.69) is 10.3 Å². The molecule has 19 heavy (non-hydrogen) atoms. The highest BCUT2D eigenvalue weighted by atomic mass is 16.6. The largest absolute Gasteiger partial charge is 0.481 e. The van der Waals surface area contributed by atoms with Gasteiger partial charge in [-0.1, -0.05) is 0 Å². The van der Waals surface area contributed by atoms with Crippen molar-refractivity contribution in [1.82, 2.24) is 4.98 Å². The Bertz CT molecular complexity index is 441. The minimum Gasteiger partial charge on any atom is -0.481 e. The lowest BCUT2D eigenvalue weighted by atomic mass is 10.1. The minimum absolute atomic E-state index is 0.0316. The molecule has 0 atom stereocenters. The van der Waals surface area contributed by atoms with Gasteiger partial charge in [0.25, 0.3) is 0 Å². The number of ether oxygens (including phenoxy) is 2. The number of anilines is 1. The standard InChI is InChI=1S/C13H20N2O4/c1-13(2,3)19-12(17)15-10-8-14-11(18-4)7-9(10)5-6-16/h7-8,16H,5-6H2,1-4H3,(H,15,17). The third-order valence-electron chi connectivity index (χ3n) is 2.19. The number of pyridine rings is 1. The van der Waals surface area contributed by atoms with Crippen LogP contribution in [0, 0.1) is 0 Å². The molecule has 0 spiro atoms. The van der Waals surface area contributed by atoms with Gasteiger partial charge in [-0.25, -0.2) is 9.78 Å². The average molecular weight is 268 g/mol. The van der Waals surface area contributed by atoms with Gasteiger partial charge >= 0.3 is 6.09 Å². The number of aliphatic hydroxyl groups is 1. The summed E-state index contributed by atoms with van der Waals surface area (Å²) >= 11 is 0. The van der Waals surface area contributed by atoms with Crippen molar-refractivity contribution >= 4 is 11.8 Å². The maximum Gasteiger partial charge on any atom is 0.412 e. The van der Waals surface area contributed by atoms with Crippen molar-refractivity contribution in [3.63, 3.8) is 0 Å². The van der Waals surface area contributed by atoms with E-state index in [1.807, 2.05) is 0 Å². The molecule has 1 heterocycles. The SMILES string of the molecule is COc1cc(CCO)c(NC(=O)OC(C)(C)C)cn1. The summed E-state index contributed by atoms with van der Waals surface area (Å²) in [6.45, 7) is 5.32. The van der Waals surface area contributed by atoms with E-state index in [0.29, 0.717) is 18.0 Å². The van der Waals surface area contributed by atoms with Crippen LogP contribution in [-0.4, -0.2) is 35.5 Å². The van der Waals surface area contributed by atoms with Crippen LogP contribution in [0.3, 0.4) is 0 Å². The summed E-state index contributed by atoms with van der Waals surface area (Å²) in [4.78, 5) is 15.7. The quantitative estimate of drug-likeness (QED) is 0.872. The van der Waals surface area contributed by atoms with Crippen molar-refractivity contribution < 1.29 is 19.4 Å². The number of aliphatic hydroxyl groups excluding tert-OH is 1. The summed E-state index contributed by atoms with van der Waals surface area (Å²) in [5.74, 6) is 0.429. The second-order valence-electron chi connectivity index (χ2n) is 4.98. The molecule has 1 amide bonds.